The second-order valence-electron chi connectivity index (χ2n) is 6.50. The number of hydrogen-bond acceptors (Lipinski definition) is 3. The van der Waals surface area contributed by atoms with E-state index in [0.29, 0.717) is 16.6 Å². The lowest BCUT2D eigenvalue weighted by Crippen LogP contribution is -2.35. The highest BCUT2D eigenvalue weighted by Crippen LogP contribution is 2.27. The van der Waals surface area contributed by atoms with Crippen molar-refractivity contribution in [3.63, 3.8) is 0 Å². The van der Waals surface area contributed by atoms with E-state index in [1.54, 1.807) is 30.3 Å². The van der Waals surface area contributed by atoms with Crippen LogP contribution in [0.4, 0.5) is 0 Å². The SMILES string of the molecule is CCCc1ccc(S(=O)(=O)N[C@H](CN(C)C)c2ccc(Cl)c(Cl)c2)cc1. The Hall–Kier alpha value is -1.11. The largest absolute Gasteiger partial charge is 0.307 e. The zero-order chi connectivity index (χ0) is 19.3. The third-order valence-corrected chi connectivity index (χ3v) is 6.19. The quantitative estimate of drug-likeness (QED) is 0.689. The van der Waals surface area contributed by atoms with Gasteiger partial charge >= 0.3 is 0 Å². The van der Waals surface area contributed by atoms with E-state index in [0.717, 1.165) is 24.0 Å². The van der Waals surface area contributed by atoms with Crippen molar-refractivity contribution < 1.29 is 8.42 Å². The molecule has 142 valence electrons. The van der Waals surface area contributed by atoms with Crippen molar-refractivity contribution in [2.75, 3.05) is 20.6 Å². The van der Waals surface area contributed by atoms with Gasteiger partial charge in [-0.1, -0.05) is 54.7 Å². The number of nitrogens with zero attached hydrogens (tertiary/aromatic N) is 1. The van der Waals surface area contributed by atoms with Crippen LogP contribution in [0.1, 0.15) is 30.5 Å². The number of likely N-dealkylation sites (N-methyl/N-ethyl adjacent to an activating group) is 1. The van der Waals surface area contributed by atoms with Gasteiger partial charge in [-0.15, -0.1) is 0 Å². The van der Waals surface area contributed by atoms with Crippen molar-refractivity contribution in [3.05, 3.63) is 63.6 Å². The summed E-state index contributed by atoms with van der Waals surface area (Å²) in [5, 5.41) is 0.837. The van der Waals surface area contributed by atoms with Crippen molar-refractivity contribution in [1.29, 1.82) is 0 Å². The van der Waals surface area contributed by atoms with Gasteiger partial charge in [0.2, 0.25) is 10.0 Å². The number of hydrogen-bond donors (Lipinski definition) is 1. The zero-order valence-electron chi connectivity index (χ0n) is 15.2. The van der Waals surface area contributed by atoms with Crippen LogP contribution >= 0.6 is 23.2 Å². The molecule has 2 aromatic rings. The van der Waals surface area contributed by atoms with E-state index in [-0.39, 0.29) is 4.90 Å². The van der Waals surface area contributed by atoms with E-state index in [2.05, 4.69) is 11.6 Å². The Kier molecular flexibility index (Phi) is 7.50. The molecule has 2 aromatic carbocycles. The molecule has 0 saturated carbocycles. The Morgan fingerprint density at radius 2 is 1.69 bits per heavy atom. The Labute approximate surface area is 166 Å². The van der Waals surface area contributed by atoms with Crippen LogP contribution in [-0.4, -0.2) is 34.0 Å². The molecule has 26 heavy (non-hydrogen) atoms. The molecule has 0 unspecified atom stereocenters. The molecule has 0 fully saturated rings. The van der Waals surface area contributed by atoms with Crippen molar-refractivity contribution in [1.82, 2.24) is 9.62 Å². The van der Waals surface area contributed by atoms with E-state index < -0.39 is 16.1 Å². The molecule has 4 nitrogen and oxygen atoms in total. The number of nitrogens with one attached hydrogen (secondary N) is 1. The number of benzene rings is 2. The molecule has 0 bridgehead atoms. The summed E-state index contributed by atoms with van der Waals surface area (Å²) in [5.41, 5.74) is 1.89. The number of halogens is 2. The van der Waals surface area contributed by atoms with E-state index in [9.17, 15) is 8.42 Å². The first kappa shape index (κ1) is 21.2. The van der Waals surface area contributed by atoms with Crippen molar-refractivity contribution in [2.24, 2.45) is 0 Å². The van der Waals surface area contributed by atoms with Crippen LogP contribution in [0, 0.1) is 0 Å². The molecular weight excluding hydrogens is 391 g/mol. The normalized spacial score (nSPS) is 13.2. The lowest BCUT2D eigenvalue weighted by Gasteiger charge is -2.23. The second-order valence-corrected chi connectivity index (χ2v) is 9.03. The zero-order valence-corrected chi connectivity index (χ0v) is 17.5. The molecule has 0 aliphatic heterocycles. The minimum Gasteiger partial charge on any atom is -0.307 e. The minimum absolute atomic E-state index is 0.251. The van der Waals surface area contributed by atoms with Crippen molar-refractivity contribution in [3.8, 4) is 0 Å². The van der Waals surface area contributed by atoms with Crippen LogP contribution in [0.5, 0.6) is 0 Å². The molecule has 0 aliphatic carbocycles. The summed E-state index contributed by atoms with van der Waals surface area (Å²) in [4.78, 5) is 2.17. The van der Waals surface area contributed by atoms with E-state index in [1.807, 2.05) is 31.1 Å². The van der Waals surface area contributed by atoms with Gasteiger partial charge in [-0.25, -0.2) is 13.1 Å². The van der Waals surface area contributed by atoms with Gasteiger partial charge in [-0.3, -0.25) is 0 Å². The molecule has 0 aromatic heterocycles. The van der Waals surface area contributed by atoms with E-state index >= 15 is 0 Å². The summed E-state index contributed by atoms with van der Waals surface area (Å²) in [5.74, 6) is 0. The second kappa shape index (κ2) is 9.20. The standard InChI is InChI=1S/C19H24Cl2N2O2S/c1-4-5-14-6-9-16(10-7-14)26(24,25)22-19(13-23(2)3)15-8-11-17(20)18(21)12-15/h6-12,19,22H,4-5,13H2,1-3H3/t19-/m1/s1. The first-order chi connectivity index (χ1) is 12.2. The maximum absolute atomic E-state index is 12.8. The van der Waals surface area contributed by atoms with Gasteiger partial charge in [-0.2, -0.15) is 0 Å². The third-order valence-electron chi connectivity index (χ3n) is 3.96. The highest BCUT2D eigenvalue weighted by Gasteiger charge is 2.22. The van der Waals surface area contributed by atoms with Crippen LogP contribution in [-0.2, 0) is 16.4 Å². The molecule has 2 rings (SSSR count). The van der Waals surface area contributed by atoms with Crippen LogP contribution in [0.2, 0.25) is 10.0 Å². The van der Waals surface area contributed by atoms with Gasteiger partial charge in [-0.05, 0) is 55.9 Å². The fraction of sp³-hybridized carbons (Fsp3) is 0.368. The molecule has 1 N–H and O–H groups in total. The fourth-order valence-corrected chi connectivity index (χ4v) is 4.21. The number of aryl methyl sites for hydroxylation is 1. The molecule has 0 radical (unpaired) electrons. The molecule has 0 heterocycles. The van der Waals surface area contributed by atoms with Crippen LogP contribution in [0.15, 0.2) is 47.4 Å². The fourth-order valence-electron chi connectivity index (χ4n) is 2.68. The summed E-state index contributed by atoms with van der Waals surface area (Å²) >= 11 is 12.1. The van der Waals surface area contributed by atoms with Gasteiger partial charge in [0.05, 0.1) is 21.0 Å². The maximum atomic E-state index is 12.8. The predicted molar refractivity (Wildman–Crippen MR) is 109 cm³/mol. The molecule has 0 amide bonds. The maximum Gasteiger partial charge on any atom is 0.241 e. The lowest BCUT2D eigenvalue weighted by molar-refractivity contribution is 0.363. The van der Waals surface area contributed by atoms with Crippen LogP contribution in [0.25, 0.3) is 0 Å². The molecular formula is C19H24Cl2N2O2S. The van der Waals surface area contributed by atoms with Gasteiger partial charge in [0.25, 0.3) is 0 Å². The van der Waals surface area contributed by atoms with Crippen LogP contribution < -0.4 is 4.72 Å². The Morgan fingerprint density at radius 1 is 1.04 bits per heavy atom. The molecule has 7 heteroatoms. The van der Waals surface area contributed by atoms with E-state index in [1.165, 1.54) is 0 Å². The molecule has 1 atom stereocenters. The summed E-state index contributed by atoms with van der Waals surface area (Å²) in [7, 11) is 0.114. The molecule has 0 saturated heterocycles. The topological polar surface area (TPSA) is 49.4 Å². The van der Waals surface area contributed by atoms with Gasteiger partial charge in [0.1, 0.15) is 0 Å². The lowest BCUT2D eigenvalue weighted by atomic mass is 10.1. The van der Waals surface area contributed by atoms with Crippen molar-refractivity contribution >= 4 is 33.2 Å². The summed E-state index contributed by atoms with van der Waals surface area (Å²) in [6, 6.07) is 11.7. The first-order valence-electron chi connectivity index (χ1n) is 8.44. The molecule has 0 aliphatic rings. The highest BCUT2D eigenvalue weighted by atomic mass is 35.5. The number of rotatable bonds is 8. The number of sulfonamides is 1. The Bertz CT molecular complexity index is 837. The minimum atomic E-state index is -3.66. The first-order valence-corrected chi connectivity index (χ1v) is 10.7. The van der Waals surface area contributed by atoms with Gasteiger partial charge < -0.3 is 4.90 Å². The monoisotopic (exact) mass is 414 g/mol. The highest BCUT2D eigenvalue weighted by molar-refractivity contribution is 7.89. The average molecular weight is 415 g/mol. The van der Waals surface area contributed by atoms with Gasteiger partial charge in [0.15, 0.2) is 0 Å². The van der Waals surface area contributed by atoms with Crippen LogP contribution in [0.3, 0.4) is 0 Å². The summed E-state index contributed by atoms with van der Waals surface area (Å²) in [6.45, 7) is 2.58. The van der Waals surface area contributed by atoms with Crippen molar-refractivity contribution in [2.45, 2.75) is 30.7 Å². The smallest absolute Gasteiger partial charge is 0.241 e. The molecule has 0 spiro atoms. The van der Waals surface area contributed by atoms with Gasteiger partial charge in [0, 0.05) is 6.54 Å². The Balaban J connectivity index is 2.29. The predicted octanol–water partition coefficient (Wildman–Crippen LogP) is 4.53. The average Bonchev–Trinajstić information content (AvgIpc) is 2.57. The van der Waals surface area contributed by atoms with E-state index in [4.69, 9.17) is 23.2 Å². The summed E-state index contributed by atoms with van der Waals surface area (Å²) < 4.78 is 28.4. The Morgan fingerprint density at radius 3 is 2.23 bits per heavy atom. The third kappa shape index (κ3) is 5.69. The summed E-state index contributed by atoms with van der Waals surface area (Å²) in [6.07, 6.45) is 1.95.